The molecule has 0 radical (unpaired) electrons. The van der Waals surface area contributed by atoms with Gasteiger partial charge in [-0.15, -0.1) is 11.3 Å². The summed E-state index contributed by atoms with van der Waals surface area (Å²) in [5.74, 6) is 0.391. The smallest absolute Gasteiger partial charge is 0.266 e. The maximum absolute atomic E-state index is 12.8. The Morgan fingerprint density at radius 2 is 1.93 bits per heavy atom. The van der Waals surface area contributed by atoms with Crippen molar-refractivity contribution < 1.29 is 13.2 Å². The number of carbonyl (C=O) groups excluding carboxylic acids is 1. The van der Waals surface area contributed by atoms with Crippen molar-refractivity contribution in [2.45, 2.75) is 19.4 Å². The molecule has 152 valence electrons. The summed E-state index contributed by atoms with van der Waals surface area (Å²) in [6, 6.07) is 10.3. The number of aromatic nitrogens is 2. The van der Waals surface area contributed by atoms with Gasteiger partial charge in [0.1, 0.15) is 5.82 Å². The molecule has 10 heteroatoms. The van der Waals surface area contributed by atoms with Crippen molar-refractivity contribution in [3.05, 3.63) is 57.0 Å². The lowest BCUT2D eigenvalue weighted by molar-refractivity contribution is 0.102. The van der Waals surface area contributed by atoms with E-state index < -0.39 is 9.84 Å². The predicted octanol–water partition coefficient (Wildman–Crippen LogP) is 4.84. The van der Waals surface area contributed by atoms with Crippen LogP contribution in [0.4, 0.5) is 5.82 Å². The molecule has 3 aromatic rings. The van der Waals surface area contributed by atoms with Gasteiger partial charge in [0.15, 0.2) is 9.84 Å². The van der Waals surface area contributed by atoms with Gasteiger partial charge in [0.25, 0.3) is 5.91 Å². The normalized spacial score (nSPS) is 18.1. The zero-order valence-electron chi connectivity index (χ0n) is 15.4. The maximum atomic E-state index is 12.8. The number of amides is 1. The Balaban J connectivity index is 1.56. The molecule has 1 aliphatic heterocycles. The number of sulfone groups is 1. The van der Waals surface area contributed by atoms with Crippen molar-refractivity contribution in [2.75, 3.05) is 16.8 Å². The summed E-state index contributed by atoms with van der Waals surface area (Å²) in [7, 11) is -3.06. The molecule has 29 heavy (non-hydrogen) atoms. The van der Waals surface area contributed by atoms with E-state index in [9.17, 15) is 13.2 Å². The molecule has 0 bridgehead atoms. The number of nitrogens with zero attached hydrogens (tertiary/aromatic N) is 2. The average Bonchev–Trinajstić information content (AvgIpc) is 3.32. The molecule has 3 heterocycles. The molecule has 1 amide bonds. The van der Waals surface area contributed by atoms with E-state index in [0.717, 1.165) is 10.4 Å². The zero-order chi connectivity index (χ0) is 20.8. The molecule has 1 N–H and O–H groups in total. The van der Waals surface area contributed by atoms with E-state index in [1.54, 1.807) is 35.0 Å². The van der Waals surface area contributed by atoms with Crippen molar-refractivity contribution in [3.8, 4) is 10.4 Å². The molecule has 0 aliphatic carbocycles. The van der Waals surface area contributed by atoms with Gasteiger partial charge in [0.05, 0.1) is 28.1 Å². The van der Waals surface area contributed by atoms with Crippen LogP contribution in [0.5, 0.6) is 0 Å². The van der Waals surface area contributed by atoms with Crippen molar-refractivity contribution in [3.63, 3.8) is 0 Å². The van der Waals surface area contributed by atoms with E-state index >= 15 is 0 Å². The molecule has 4 rings (SSSR count). The second-order valence-electron chi connectivity index (χ2n) is 6.95. The van der Waals surface area contributed by atoms with Crippen LogP contribution >= 0.6 is 34.5 Å². The molecule has 1 fully saturated rings. The second kappa shape index (κ2) is 7.75. The maximum Gasteiger partial charge on any atom is 0.266 e. The largest absolute Gasteiger partial charge is 0.306 e. The molecule has 1 aliphatic rings. The van der Waals surface area contributed by atoms with Gasteiger partial charge in [-0.1, -0.05) is 23.2 Å². The monoisotopic (exact) mass is 469 g/mol. The number of rotatable bonds is 4. The van der Waals surface area contributed by atoms with Gasteiger partial charge < -0.3 is 5.32 Å². The van der Waals surface area contributed by atoms with Gasteiger partial charge in [-0.25, -0.2) is 13.1 Å². The van der Waals surface area contributed by atoms with Gasteiger partial charge in [-0.2, -0.15) is 5.10 Å². The quantitative estimate of drug-likeness (QED) is 0.592. The van der Waals surface area contributed by atoms with Crippen LogP contribution in [0.3, 0.4) is 0 Å². The molecule has 1 saturated heterocycles. The van der Waals surface area contributed by atoms with Crippen molar-refractivity contribution >= 4 is 56.1 Å². The Morgan fingerprint density at radius 3 is 2.59 bits per heavy atom. The fourth-order valence-electron chi connectivity index (χ4n) is 3.35. The van der Waals surface area contributed by atoms with Crippen LogP contribution in [0, 0.1) is 6.92 Å². The Labute approximate surface area is 182 Å². The van der Waals surface area contributed by atoms with E-state index in [0.29, 0.717) is 32.9 Å². The zero-order valence-corrected chi connectivity index (χ0v) is 18.5. The fourth-order valence-corrected chi connectivity index (χ4v) is 6.45. The van der Waals surface area contributed by atoms with Crippen LogP contribution in [0.25, 0.3) is 10.4 Å². The number of aryl methyl sites for hydroxylation is 1. The summed E-state index contributed by atoms with van der Waals surface area (Å²) < 4.78 is 25.2. The minimum atomic E-state index is -3.06. The van der Waals surface area contributed by atoms with Gasteiger partial charge in [-0.3, -0.25) is 4.79 Å². The molecule has 0 saturated carbocycles. The SMILES string of the molecule is Cc1cc(NC(=O)c2ccc(-c3cc(Cl)cc(Cl)c3)s2)n(C2CCS(=O)(=O)C2)n1. The Kier molecular flexibility index (Phi) is 5.46. The molecule has 2 aromatic heterocycles. The summed E-state index contributed by atoms with van der Waals surface area (Å²) in [5.41, 5.74) is 1.55. The fraction of sp³-hybridized carbons (Fsp3) is 0.263. The van der Waals surface area contributed by atoms with E-state index in [4.69, 9.17) is 23.2 Å². The number of carbonyl (C=O) groups is 1. The molecule has 0 spiro atoms. The van der Waals surface area contributed by atoms with Crippen LogP contribution in [0.2, 0.25) is 10.0 Å². The van der Waals surface area contributed by atoms with Crippen LogP contribution in [0.15, 0.2) is 36.4 Å². The standard InChI is InChI=1S/C19H17Cl2N3O3S2/c1-11-6-18(24(23-11)15-4-5-29(26,27)10-15)22-19(25)17-3-2-16(28-17)12-7-13(20)9-14(21)8-12/h2-3,6-9,15H,4-5,10H2,1H3,(H,22,25). The van der Waals surface area contributed by atoms with Crippen molar-refractivity contribution in [1.29, 1.82) is 0 Å². The van der Waals surface area contributed by atoms with Crippen LogP contribution in [0.1, 0.15) is 27.8 Å². The molecule has 6 nitrogen and oxygen atoms in total. The molecule has 1 unspecified atom stereocenters. The molecular formula is C19H17Cl2N3O3S2. The Bertz CT molecular complexity index is 1180. The minimum absolute atomic E-state index is 0.0374. The van der Waals surface area contributed by atoms with Crippen LogP contribution in [-0.2, 0) is 9.84 Å². The van der Waals surface area contributed by atoms with Gasteiger partial charge in [0, 0.05) is 21.0 Å². The highest BCUT2D eigenvalue weighted by Crippen LogP contribution is 2.33. The first-order chi connectivity index (χ1) is 13.7. The van der Waals surface area contributed by atoms with E-state index in [2.05, 4.69) is 10.4 Å². The van der Waals surface area contributed by atoms with Crippen molar-refractivity contribution in [1.82, 2.24) is 9.78 Å². The third-order valence-corrected chi connectivity index (χ3v) is 7.95. The summed E-state index contributed by atoms with van der Waals surface area (Å²) in [6.07, 6.45) is 0.491. The lowest BCUT2D eigenvalue weighted by atomic mass is 10.2. The number of anilines is 1. The van der Waals surface area contributed by atoms with Crippen LogP contribution in [-0.4, -0.2) is 35.6 Å². The van der Waals surface area contributed by atoms with E-state index in [1.807, 2.05) is 13.0 Å². The highest BCUT2D eigenvalue weighted by molar-refractivity contribution is 7.91. The Hall–Kier alpha value is -1.87. The summed E-state index contributed by atoms with van der Waals surface area (Å²) >= 11 is 13.5. The van der Waals surface area contributed by atoms with Gasteiger partial charge in [0.2, 0.25) is 0 Å². The number of halogens is 2. The number of hydrogen-bond acceptors (Lipinski definition) is 5. The van der Waals surface area contributed by atoms with Gasteiger partial charge in [-0.05, 0) is 49.2 Å². The summed E-state index contributed by atoms with van der Waals surface area (Å²) in [6.45, 7) is 1.81. The molecular weight excluding hydrogens is 453 g/mol. The highest BCUT2D eigenvalue weighted by Gasteiger charge is 2.31. The first kappa shape index (κ1) is 20.4. The number of benzene rings is 1. The summed E-state index contributed by atoms with van der Waals surface area (Å²) in [5, 5.41) is 8.30. The highest BCUT2D eigenvalue weighted by atomic mass is 35.5. The third-order valence-electron chi connectivity index (χ3n) is 4.63. The van der Waals surface area contributed by atoms with Crippen LogP contribution < -0.4 is 5.32 Å². The Morgan fingerprint density at radius 1 is 1.21 bits per heavy atom. The van der Waals surface area contributed by atoms with E-state index in [-0.39, 0.29) is 23.5 Å². The number of hydrogen-bond donors (Lipinski definition) is 1. The molecule has 1 atom stereocenters. The van der Waals surface area contributed by atoms with Gasteiger partial charge >= 0.3 is 0 Å². The lowest BCUT2D eigenvalue weighted by Crippen LogP contribution is -2.19. The lowest BCUT2D eigenvalue weighted by Gasteiger charge is -2.13. The topological polar surface area (TPSA) is 81.1 Å². The average molecular weight is 470 g/mol. The third kappa shape index (κ3) is 4.50. The number of nitrogens with one attached hydrogen (secondary N) is 1. The minimum Gasteiger partial charge on any atom is -0.306 e. The first-order valence-corrected chi connectivity index (χ1v) is 12.2. The molecule has 1 aromatic carbocycles. The van der Waals surface area contributed by atoms with Crippen molar-refractivity contribution in [2.24, 2.45) is 0 Å². The predicted molar refractivity (Wildman–Crippen MR) is 117 cm³/mol. The summed E-state index contributed by atoms with van der Waals surface area (Å²) in [4.78, 5) is 14.2. The first-order valence-electron chi connectivity index (χ1n) is 8.84. The van der Waals surface area contributed by atoms with E-state index in [1.165, 1.54) is 11.3 Å². The second-order valence-corrected chi connectivity index (χ2v) is 11.1. The number of thiophene rings is 1.